The van der Waals surface area contributed by atoms with Gasteiger partial charge in [-0.1, -0.05) is 6.92 Å². The molecule has 1 atom stereocenters. The first kappa shape index (κ1) is 13.5. The summed E-state index contributed by atoms with van der Waals surface area (Å²) in [6, 6.07) is -0.0158. The minimum Gasteiger partial charge on any atom is -0.377 e. The Kier molecular flexibility index (Phi) is 4.02. The number of hydrogen-bond acceptors (Lipinski definition) is 4. The van der Waals surface area contributed by atoms with E-state index >= 15 is 0 Å². The predicted molar refractivity (Wildman–Crippen MR) is 70.1 cm³/mol. The van der Waals surface area contributed by atoms with Crippen LogP contribution in [0.15, 0.2) is 6.33 Å². The molecule has 0 bridgehead atoms. The van der Waals surface area contributed by atoms with Crippen LogP contribution in [0.1, 0.15) is 38.4 Å². The van der Waals surface area contributed by atoms with E-state index in [1.807, 2.05) is 7.05 Å². The molecule has 1 aliphatic carbocycles. The van der Waals surface area contributed by atoms with Crippen molar-refractivity contribution in [2.75, 3.05) is 7.11 Å². The highest BCUT2D eigenvalue weighted by molar-refractivity contribution is 5.00. The zero-order chi connectivity index (χ0) is 13.2. The number of nitrogens with two attached hydrogens (primary N) is 1. The van der Waals surface area contributed by atoms with Crippen LogP contribution < -0.4 is 5.73 Å². The summed E-state index contributed by atoms with van der Waals surface area (Å²) in [5.74, 6) is 1.72. The lowest BCUT2D eigenvalue weighted by molar-refractivity contribution is -0.0663. The van der Waals surface area contributed by atoms with Crippen molar-refractivity contribution in [1.82, 2.24) is 14.8 Å². The van der Waals surface area contributed by atoms with Gasteiger partial charge >= 0.3 is 0 Å². The Balaban J connectivity index is 2.06. The third kappa shape index (κ3) is 2.57. The van der Waals surface area contributed by atoms with Crippen LogP contribution in [0, 0.1) is 5.92 Å². The number of methoxy groups -OCH3 is 1. The van der Waals surface area contributed by atoms with Gasteiger partial charge in [0.05, 0.1) is 5.60 Å². The average Bonchev–Trinajstić information content (AvgIpc) is 2.76. The zero-order valence-corrected chi connectivity index (χ0v) is 11.6. The van der Waals surface area contributed by atoms with Crippen LogP contribution in [0.4, 0.5) is 0 Å². The summed E-state index contributed by atoms with van der Waals surface area (Å²) in [5, 5.41) is 4.08. The molecule has 1 unspecified atom stereocenters. The predicted octanol–water partition coefficient (Wildman–Crippen LogP) is 1.28. The highest BCUT2D eigenvalue weighted by Gasteiger charge is 2.40. The normalized spacial score (nSPS) is 30.3. The van der Waals surface area contributed by atoms with Gasteiger partial charge in [0.25, 0.3) is 0 Å². The molecule has 1 saturated carbocycles. The smallest absolute Gasteiger partial charge is 0.138 e. The van der Waals surface area contributed by atoms with Gasteiger partial charge in [-0.15, -0.1) is 0 Å². The SMILES string of the molecule is COC1(C(N)Cc2ncnn2C)CCC(C)CC1. The molecule has 1 aromatic heterocycles. The third-order valence-corrected chi connectivity index (χ3v) is 4.41. The van der Waals surface area contributed by atoms with Gasteiger partial charge in [-0.05, 0) is 31.6 Å². The van der Waals surface area contributed by atoms with Crippen LogP contribution in [0.25, 0.3) is 0 Å². The fourth-order valence-electron chi connectivity index (χ4n) is 2.86. The van der Waals surface area contributed by atoms with Crippen molar-refractivity contribution in [2.45, 2.75) is 50.7 Å². The Hall–Kier alpha value is -0.940. The zero-order valence-electron chi connectivity index (χ0n) is 11.6. The lowest BCUT2D eigenvalue weighted by Crippen LogP contribution is -2.52. The molecule has 0 aromatic carbocycles. The molecule has 0 saturated heterocycles. The van der Waals surface area contributed by atoms with E-state index in [-0.39, 0.29) is 11.6 Å². The van der Waals surface area contributed by atoms with Crippen molar-refractivity contribution in [2.24, 2.45) is 18.7 Å². The monoisotopic (exact) mass is 252 g/mol. The van der Waals surface area contributed by atoms with Crippen LogP contribution in [0.2, 0.25) is 0 Å². The summed E-state index contributed by atoms with van der Waals surface area (Å²) in [7, 11) is 3.68. The average molecular weight is 252 g/mol. The van der Waals surface area contributed by atoms with Crippen LogP contribution >= 0.6 is 0 Å². The van der Waals surface area contributed by atoms with Crippen LogP contribution in [0.5, 0.6) is 0 Å². The van der Waals surface area contributed by atoms with Gasteiger partial charge in [0.15, 0.2) is 0 Å². The van der Waals surface area contributed by atoms with Gasteiger partial charge in [-0.2, -0.15) is 5.10 Å². The van der Waals surface area contributed by atoms with Gasteiger partial charge in [0.2, 0.25) is 0 Å². The topological polar surface area (TPSA) is 66.0 Å². The first-order chi connectivity index (χ1) is 8.57. The second-order valence-electron chi connectivity index (χ2n) is 5.56. The van der Waals surface area contributed by atoms with Crippen molar-refractivity contribution in [3.05, 3.63) is 12.2 Å². The number of rotatable bonds is 4. The lowest BCUT2D eigenvalue weighted by Gasteiger charge is -2.42. The van der Waals surface area contributed by atoms with Gasteiger partial charge in [-0.25, -0.2) is 4.98 Å². The van der Waals surface area contributed by atoms with Gasteiger partial charge in [0.1, 0.15) is 12.2 Å². The van der Waals surface area contributed by atoms with E-state index in [9.17, 15) is 0 Å². The molecule has 0 amide bonds. The molecule has 1 heterocycles. The molecular formula is C13H24N4O. The van der Waals surface area contributed by atoms with Crippen LogP contribution in [-0.2, 0) is 18.2 Å². The summed E-state index contributed by atoms with van der Waals surface area (Å²) >= 11 is 0. The van der Waals surface area contributed by atoms with Crippen LogP contribution in [-0.4, -0.2) is 33.5 Å². The maximum Gasteiger partial charge on any atom is 0.138 e. The highest BCUT2D eigenvalue weighted by atomic mass is 16.5. The number of nitrogens with zero attached hydrogens (tertiary/aromatic N) is 3. The van der Waals surface area contributed by atoms with Crippen molar-refractivity contribution in [3.8, 4) is 0 Å². The maximum atomic E-state index is 6.39. The first-order valence-corrected chi connectivity index (χ1v) is 6.71. The minimum atomic E-state index is -0.182. The molecule has 1 aliphatic rings. The Bertz CT molecular complexity index is 382. The Morgan fingerprint density at radius 3 is 2.72 bits per heavy atom. The Morgan fingerprint density at radius 1 is 1.56 bits per heavy atom. The summed E-state index contributed by atoms with van der Waals surface area (Å²) < 4.78 is 7.58. The molecule has 0 radical (unpaired) electrons. The van der Waals surface area contributed by atoms with E-state index in [0.717, 1.165) is 31.0 Å². The fourth-order valence-corrected chi connectivity index (χ4v) is 2.86. The Morgan fingerprint density at radius 2 is 2.22 bits per heavy atom. The molecule has 5 nitrogen and oxygen atoms in total. The summed E-state index contributed by atoms with van der Waals surface area (Å²) in [6.07, 6.45) is 6.78. The minimum absolute atomic E-state index is 0.0158. The third-order valence-electron chi connectivity index (χ3n) is 4.41. The van der Waals surface area contributed by atoms with E-state index in [1.54, 1.807) is 18.1 Å². The van der Waals surface area contributed by atoms with Gasteiger partial charge in [0, 0.05) is 26.6 Å². The Labute approximate surface area is 109 Å². The van der Waals surface area contributed by atoms with Crippen molar-refractivity contribution in [1.29, 1.82) is 0 Å². The first-order valence-electron chi connectivity index (χ1n) is 6.71. The molecule has 102 valence electrons. The van der Waals surface area contributed by atoms with Crippen molar-refractivity contribution < 1.29 is 4.74 Å². The molecule has 0 spiro atoms. The molecule has 1 aromatic rings. The molecule has 2 rings (SSSR count). The number of hydrogen-bond donors (Lipinski definition) is 1. The second-order valence-corrected chi connectivity index (χ2v) is 5.56. The second kappa shape index (κ2) is 5.36. The molecule has 5 heteroatoms. The van der Waals surface area contributed by atoms with Gasteiger partial charge < -0.3 is 10.5 Å². The van der Waals surface area contributed by atoms with E-state index in [4.69, 9.17) is 10.5 Å². The standard InChI is InChI=1S/C13H24N4O/c1-10-4-6-13(18-3,7-5-10)11(14)8-12-15-9-16-17(12)2/h9-11H,4-8,14H2,1-3H3. The molecule has 18 heavy (non-hydrogen) atoms. The summed E-state index contributed by atoms with van der Waals surface area (Å²) in [4.78, 5) is 4.25. The van der Waals surface area contributed by atoms with Gasteiger partial charge in [-0.3, -0.25) is 4.68 Å². The summed E-state index contributed by atoms with van der Waals surface area (Å²) in [5.41, 5.74) is 6.21. The molecule has 0 aliphatic heterocycles. The van der Waals surface area contributed by atoms with E-state index in [2.05, 4.69) is 17.0 Å². The molecular weight excluding hydrogens is 228 g/mol. The number of ether oxygens (including phenoxy) is 1. The molecule has 1 fully saturated rings. The summed E-state index contributed by atoms with van der Waals surface area (Å²) in [6.45, 7) is 2.30. The largest absolute Gasteiger partial charge is 0.377 e. The number of aryl methyl sites for hydroxylation is 1. The maximum absolute atomic E-state index is 6.39. The molecule has 2 N–H and O–H groups in total. The quantitative estimate of drug-likeness (QED) is 0.876. The number of aromatic nitrogens is 3. The van der Waals surface area contributed by atoms with E-state index in [1.165, 1.54) is 12.8 Å². The van der Waals surface area contributed by atoms with E-state index in [0.29, 0.717) is 0 Å². The van der Waals surface area contributed by atoms with Crippen molar-refractivity contribution >= 4 is 0 Å². The lowest BCUT2D eigenvalue weighted by atomic mass is 9.74. The fraction of sp³-hybridized carbons (Fsp3) is 0.846. The highest BCUT2D eigenvalue weighted by Crippen LogP contribution is 2.36. The van der Waals surface area contributed by atoms with Crippen molar-refractivity contribution in [3.63, 3.8) is 0 Å². The van der Waals surface area contributed by atoms with Crippen LogP contribution in [0.3, 0.4) is 0 Å². The van der Waals surface area contributed by atoms with E-state index < -0.39 is 0 Å².